The van der Waals surface area contributed by atoms with Crippen LogP contribution in [0.4, 0.5) is 15.9 Å². The Labute approximate surface area is 148 Å². The number of aromatic nitrogens is 1. The molecule has 0 atom stereocenters. The third kappa shape index (κ3) is 4.06. The maximum Gasteiger partial charge on any atom is 0.263 e. The van der Waals surface area contributed by atoms with Gasteiger partial charge in [-0.05, 0) is 55.5 Å². The highest BCUT2D eigenvalue weighted by Gasteiger charge is 2.17. The second-order valence-corrected chi connectivity index (χ2v) is 7.10. The Morgan fingerprint density at radius 3 is 2.31 bits per heavy atom. The van der Waals surface area contributed by atoms with Crippen LogP contribution in [-0.2, 0) is 10.0 Å². The van der Waals surface area contributed by atoms with Crippen LogP contribution in [0.25, 0.3) is 0 Å². The summed E-state index contributed by atoms with van der Waals surface area (Å²) in [5, 5.41) is 6.16. The molecule has 2 aromatic carbocycles. The van der Waals surface area contributed by atoms with E-state index in [9.17, 15) is 17.6 Å². The van der Waals surface area contributed by atoms with Gasteiger partial charge in [0.15, 0.2) is 5.82 Å². The first kappa shape index (κ1) is 17.6. The van der Waals surface area contributed by atoms with Crippen molar-refractivity contribution in [3.8, 4) is 0 Å². The fourth-order valence-electron chi connectivity index (χ4n) is 2.13. The van der Waals surface area contributed by atoms with Crippen molar-refractivity contribution in [2.45, 2.75) is 11.8 Å². The van der Waals surface area contributed by atoms with Crippen LogP contribution < -0.4 is 10.0 Å². The molecule has 0 aliphatic rings. The molecule has 3 aromatic rings. The summed E-state index contributed by atoms with van der Waals surface area (Å²) >= 11 is 0. The molecule has 0 aliphatic heterocycles. The number of aryl methyl sites for hydroxylation is 1. The number of benzene rings is 2. The van der Waals surface area contributed by atoms with Crippen LogP contribution in [0.1, 0.15) is 16.1 Å². The minimum atomic E-state index is -3.85. The zero-order chi connectivity index (χ0) is 18.7. The summed E-state index contributed by atoms with van der Waals surface area (Å²) in [6.07, 6.45) is 0. The van der Waals surface area contributed by atoms with Crippen LogP contribution in [0.15, 0.2) is 64.0 Å². The molecule has 134 valence electrons. The molecule has 26 heavy (non-hydrogen) atoms. The monoisotopic (exact) mass is 375 g/mol. The molecular formula is C17H14FN3O4S. The van der Waals surface area contributed by atoms with Crippen LogP contribution in [0.3, 0.4) is 0 Å². The Bertz CT molecular complexity index is 1030. The molecule has 2 N–H and O–H groups in total. The summed E-state index contributed by atoms with van der Waals surface area (Å²) in [6, 6.07) is 12.1. The molecule has 0 spiro atoms. The highest BCUT2D eigenvalue weighted by molar-refractivity contribution is 7.92. The number of sulfonamides is 1. The number of amides is 1. The fourth-order valence-corrected chi connectivity index (χ4v) is 3.12. The Kier molecular flexibility index (Phi) is 4.72. The molecule has 9 heteroatoms. The highest BCUT2D eigenvalue weighted by atomic mass is 32.2. The average Bonchev–Trinajstić information content (AvgIpc) is 3.01. The zero-order valence-corrected chi connectivity index (χ0v) is 14.4. The number of nitrogens with one attached hydrogen (secondary N) is 2. The summed E-state index contributed by atoms with van der Waals surface area (Å²) < 4.78 is 44.5. The predicted octanol–water partition coefficient (Wildman–Crippen LogP) is 3.18. The molecule has 0 radical (unpaired) electrons. The van der Waals surface area contributed by atoms with E-state index < -0.39 is 21.7 Å². The van der Waals surface area contributed by atoms with Gasteiger partial charge < -0.3 is 9.84 Å². The van der Waals surface area contributed by atoms with Crippen molar-refractivity contribution in [1.29, 1.82) is 0 Å². The number of hydrogen-bond donors (Lipinski definition) is 2. The van der Waals surface area contributed by atoms with Gasteiger partial charge in [-0.3, -0.25) is 9.52 Å². The summed E-state index contributed by atoms with van der Waals surface area (Å²) in [7, 11) is -3.85. The van der Waals surface area contributed by atoms with Crippen LogP contribution >= 0.6 is 0 Å². The summed E-state index contributed by atoms with van der Waals surface area (Å²) in [6.45, 7) is 1.64. The molecular weight excluding hydrogens is 361 g/mol. The van der Waals surface area contributed by atoms with Gasteiger partial charge in [-0.15, -0.1) is 0 Å². The minimum absolute atomic E-state index is 0.0310. The number of rotatable bonds is 5. The van der Waals surface area contributed by atoms with Crippen molar-refractivity contribution in [2.24, 2.45) is 0 Å². The number of halogens is 1. The third-order valence-corrected chi connectivity index (χ3v) is 4.77. The standard InChI is InChI=1S/C17H14FN3O4S/c1-11-10-16(20-25-11)21-26(23,24)15-8-2-12(3-9-15)17(22)19-14-6-4-13(18)5-7-14/h2-10H,1H3,(H,19,22)(H,20,21). The maximum atomic E-state index is 12.9. The van der Waals surface area contributed by atoms with E-state index in [2.05, 4.69) is 15.2 Å². The second-order valence-electron chi connectivity index (χ2n) is 5.41. The van der Waals surface area contributed by atoms with E-state index in [4.69, 9.17) is 4.52 Å². The number of carbonyl (C=O) groups is 1. The van der Waals surface area contributed by atoms with Crippen molar-refractivity contribution < 1.29 is 22.1 Å². The zero-order valence-electron chi connectivity index (χ0n) is 13.6. The normalized spacial score (nSPS) is 11.2. The lowest BCUT2D eigenvalue weighted by Crippen LogP contribution is -2.15. The number of anilines is 2. The lowest BCUT2D eigenvalue weighted by atomic mass is 10.2. The van der Waals surface area contributed by atoms with Crippen molar-refractivity contribution in [3.63, 3.8) is 0 Å². The van der Waals surface area contributed by atoms with E-state index in [0.29, 0.717) is 11.4 Å². The first-order valence-corrected chi connectivity index (χ1v) is 8.95. The Balaban J connectivity index is 1.72. The molecule has 0 saturated heterocycles. The quantitative estimate of drug-likeness (QED) is 0.713. The van der Waals surface area contributed by atoms with Gasteiger partial charge in [-0.2, -0.15) is 0 Å². The molecule has 1 aromatic heterocycles. The summed E-state index contributed by atoms with van der Waals surface area (Å²) in [5.41, 5.74) is 0.682. The molecule has 0 aliphatic carbocycles. The van der Waals surface area contributed by atoms with E-state index in [-0.39, 0.29) is 16.3 Å². The maximum absolute atomic E-state index is 12.9. The molecule has 3 rings (SSSR count). The van der Waals surface area contributed by atoms with E-state index in [1.807, 2.05) is 0 Å². The van der Waals surface area contributed by atoms with E-state index in [1.54, 1.807) is 6.92 Å². The van der Waals surface area contributed by atoms with Gasteiger partial charge in [-0.25, -0.2) is 12.8 Å². The Hall–Kier alpha value is -3.20. The largest absolute Gasteiger partial charge is 0.360 e. The van der Waals surface area contributed by atoms with Gasteiger partial charge in [-0.1, -0.05) is 5.16 Å². The average molecular weight is 375 g/mol. The van der Waals surface area contributed by atoms with Crippen molar-refractivity contribution in [2.75, 3.05) is 10.0 Å². The lowest BCUT2D eigenvalue weighted by Gasteiger charge is -2.07. The number of carbonyl (C=O) groups excluding carboxylic acids is 1. The van der Waals surface area contributed by atoms with Gasteiger partial charge in [0.25, 0.3) is 15.9 Å². The Morgan fingerprint density at radius 1 is 1.08 bits per heavy atom. The molecule has 7 nitrogen and oxygen atoms in total. The van der Waals surface area contributed by atoms with E-state index in [0.717, 1.165) is 0 Å². The van der Waals surface area contributed by atoms with Gasteiger partial charge in [0.2, 0.25) is 0 Å². The van der Waals surface area contributed by atoms with Gasteiger partial charge >= 0.3 is 0 Å². The van der Waals surface area contributed by atoms with Crippen molar-refractivity contribution >= 4 is 27.4 Å². The highest BCUT2D eigenvalue weighted by Crippen LogP contribution is 2.17. The van der Waals surface area contributed by atoms with E-state index >= 15 is 0 Å². The van der Waals surface area contributed by atoms with E-state index in [1.165, 1.54) is 54.6 Å². The smallest absolute Gasteiger partial charge is 0.263 e. The molecule has 1 heterocycles. The SMILES string of the molecule is Cc1cc(NS(=O)(=O)c2ccc(C(=O)Nc3ccc(F)cc3)cc2)no1. The van der Waals surface area contributed by atoms with Gasteiger partial charge in [0.05, 0.1) is 4.90 Å². The molecule has 0 fully saturated rings. The molecule has 0 saturated carbocycles. The second kappa shape index (κ2) is 6.96. The minimum Gasteiger partial charge on any atom is -0.360 e. The summed E-state index contributed by atoms with van der Waals surface area (Å²) in [5.74, 6) is -0.316. The third-order valence-electron chi connectivity index (χ3n) is 3.40. The number of hydrogen-bond acceptors (Lipinski definition) is 5. The van der Waals surface area contributed by atoms with Crippen LogP contribution in [0.5, 0.6) is 0 Å². The van der Waals surface area contributed by atoms with Crippen LogP contribution in [0, 0.1) is 12.7 Å². The first-order valence-electron chi connectivity index (χ1n) is 7.47. The Morgan fingerprint density at radius 2 is 1.73 bits per heavy atom. The van der Waals surface area contributed by atoms with Crippen LogP contribution in [0.2, 0.25) is 0 Å². The van der Waals surface area contributed by atoms with Crippen molar-refractivity contribution in [1.82, 2.24) is 5.16 Å². The molecule has 1 amide bonds. The first-order chi connectivity index (χ1) is 12.3. The van der Waals surface area contributed by atoms with Crippen LogP contribution in [-0.4, -0.2) is 19.5 Å². The van der Waals surface area contributed by atoms with Gasteiger partial charge in [0, 0.05) is 17.3 Å². The molecule has 0 unspecified atom stereocenters. The summed E-state index contributed by atoms with van der Waals surface area (Å²) in [4.78, 5) is 12.1. The fraction of sp³-hybridized carbons (Fsp3) is 0.0588. The number of nitrogens with zero attached hydrogens (tertiary/aromatic N) is 1. The van der Waals surface area contributed by atoms with Crippen molar-refractivity contribution in [3.05, 3.63) is 71.7 Å². The lowest BCUT2D eigenvalue weighted by molar-refractivity contribution is 0.102. The topological polar surface area (TPSA) is 101 Å². The van der Waals surface area contributed by atoms with Gasteiger partial charge in [0.1, 0.15) is 11.6 Å². The predicted molar refractivity (Wildman–Crippen MR) is 92.8 cm³/mol. The molecule has 0 bridgehead atoms.